The van der Waals surface area contributed by atoms with Crippen molar-refractivity contribution < 1.29 is 0 Å². The normalized spacial score (nSPS) is 10.4. The molecule has 0 N–H and O–H groups in total. The van der Waals surface area contributed by atoms with Crippen LogP contribution in [0.5, 0.6) is 0 Å². The smallest absolute Gasteiger partial charge is 0.166 e. The van der Waals surface area contributed by atoms with Crippen LogP contribution in [0.2, 0.25) is 0 Å². The van der Waals surface area contributed by atoms with Crippen LogP contribution >= 0.6 is 22.9 Å². The van der Waals surface area contributed by atoms with E-state index in [1.54, 1.807) is 0 Å². The van der Waals surface area contributed by atoms with E-state index >= 15 is 0 Å². The molecule has 0 saturated carbocycles. The predicted octanol–water partition coefficient (Wildman–Crippen LogP) is 2.65. The molecule has 0 fully saturated rings. The Kier molecular flexibility index (Phi) is 2.74. The second-order valence-electron chi connectivity index (χ2n) is 2.80. The number of hydrogen-bond donors (Lipinski definition) is 0. The SMILES string of the molecule is Cc1cccc(-c2nnc(CCl)s2)n1. The zero-order valence-corrected chi connectivity index (χ0v) is 9.14. The second-order valence-corrected chi connectivity index (χ2v) is 4.13. The highest BCUT2D eigenvalue weighted by Gasteiger charge is 2.06. The highest BCUT2D eigenvalue weighted by molar-refractivity contribution is 7.14. The fourth-order valence-corrected chi connectivity index (χ4v) is 1.95. The van der Waals surface area contributed by atoms with E-state index in [4.69, 9.17) is 11.6 Å². The van der Waals surface area contributed by atoms with Crippen molar-refractivity contribution in [2.24, 2.45) is 0 Å². The number of nitrogens with zero attached hydrogens (tertiary/aromatic N) is 3. The summed E-state index contributed by atoms with van der Waals surface area (Å²) in [4.78, 5) is 4.36. The summed E-state index contributed by atoms with van der Waals surface area (Å²) < 4.78 is 0. The third-order valence-electron chi connectivity index (χ3n) is 1.69. The van der Waals surface area contributed by atoms with Gasteiger partial charge in [0.05, 0.1) is 5.88 Å². The van der Waals surface area contributed by atoms with Gasteiger partial charge in [-0.15, -0.1) is 21.8 Å². The standard InChI is InChI=1S/C9H8ClN3S/c1-6-3-2-4-7(11-6)9-13-12-8(5-10)14-9/h2-4H,5H2,1H3. The summed E-state index contributed by atoms with van der Waals surface area (Å²) in [5.74, 6) is 0.406. The van der Waals surface area contributed by atoms with Crippen molar-refractivity contribution in [3.63, 3.8) is 0 Å². The van der Waals surface area contributed by atoms with E-state index in [1.165, 1.54) is 11.3 Å². The number of pyridine rings is 1. The monoisotopic (exact) mass is 225 g/mol. The molecular formula is C9H8ClN3S. The lowest BCUT2D eigenvalue weighted by Gasteiger charge is -1.94. The number of halogens is 1. The van der Waals surface area contributed by atoms with Gasteiger partial charge in [0.1, 0.15) is 10.7 Å². The Morgan fingerprint density at radius 2 is 2.21 bits per heavy atom. The van der Waals surface area contributed by atoms with Gasteiger partial charge in [-0.1, -0.05) is 17.4 Å². The third-order valence-corrected chi connectivity index (χ3v) is 3.05. The minimum atomic E-state index is 0.406. The molecule has 3 nitrogen and oxygen atoms in total. The van der Waals surface area contributed by atoms with Crippen LogP contribution in [0.1, 0.15) is 10.7 Å². The van der Waals surface area contributed by atoms with E-state index in [9.17, 15) is 0 Å². The van der Waals surface area contributed by atoms with E-state index in [-0.39, 0.29) is 0 Å². The maximum atomic E-state index is 5.65. The van der Waals surface area contributed by atoms with E-state index < -0.39 is 0 Å². The first kappa shape index (κ1) is 9.55. The van der Waals surface area contributed by atoms with E-state index in [0.29, 0.717) is 5.88 Å². The van der Waals surface area contributed by atoms with Gasteiger partial charge in [-0.25, -0.2) is 0 Å². The van der Waals surface area contributed by atoms with Crippen LogP contribution in [-0.4, -0.2) is 15.2 Å². The maximum Gasteiger partial charge on any atom is 0.166 e. The molecule has 0 aliphatic carbocycles. The summed E-state index contributed by atoms with van der Waals surface area (Å²) in [5, 5.41) is 9.60. The van der Waals surface area contributed by atoms with Gasteiger partial charge in [-0.05, 0) is 19.1 Å². The molecule has 2 aromatic heterocycles. The summed E-state index contributed by atoms with van der Waals surface area (Å²) in [6, 6.07) is 5.83. The molecule has 0 aliphatic heterocycles. The van der Waals surface area contributed by atoms with Gasteiger partial charge in [-0.3, -0.25) is 4.98 Å². The molecule has 14 heavy (non-hydrogen) atoms. The topological polar surface area (TPSA) is 38.7 Å². The van der Waals surface area contributed by atoms with Crippen LogP contribution in [0.3, 0.4) is 0 Å². The summed E-state index contributed by atoms with van der Waals surface area (Å²) >= 11 is 7.12. The summed E-state index contributed by atoms with van der Waals surface area (Å²) in [6.45, 7) is 1.95. The summed E-state index contributed by atoms with van der Waals surface area (Å²) in [5.41, 5.74) is 1.84. The van der Waals surface area contributed by atoms with Gasteiger partial charge in [0.25, 0.3) is 0 Å². The van der Waals surface area contributed by atoms with Crippen molar-refractivity contribution in [3.05, 3.63) is 28.9 Å². The minimum absolute atomic E-state index is 0.406. The van der Waals surface area contributed by atoms with Crippen LogP contribution in [0, 0.1) is 6.92 Å². The molecule has 2 aromatic rings. The molecule has 0 radical (unpaired) electrons. The molecule has 0 spiro atoms. The van der Waals surface area contributed by atoms with Crippen LogP contribution < -0.4 is 0 Å². The molecule has 0 unspecified atom stereocenters. The molecule has 5 heteroatoms. The van der Waals surface area contributed by atoms with E-state index in [0.717, 1.165) is 21.4 Å². The predicted molar refractivity (Wildman–Crippen MR) is 57.4 cm³/mol. The maximum absolute atomic E-state index is 5.65. The Bertz CT molecular complexity index is 441. The molecule has 0 atom stereocenters. The molecule has 2 rings (SSSR count). The lowest BCUT2D eigenvalue weighted by atomic mass is 10.3. The van der Waals surface area contributed by atoms with Gasteiger partial charge < -0.3 is 0 Å². The van der Waals surface area contributed by atoms with Crippen molar-refractivity contribution in [2.45, 2.75) is 12.8 Å². The van der Waals surface area contributed by atoms with Gasteiger partial charge in [-0.2, -0.15) is 0 Å². The average molecular weight is 226 g/mol. The molecule has 0 bridgehead atoms. The van der Waals surface area contributed by atoms with Crippen LogP contribution in [0.25, 0.3) is 10.7 Å². The highest BCUT2D eigenvalue weighted by Crippen LogP contribution is 2.22. The van der Waals surface area contributed by atoms with Crippen LogP contribution in [0.15, 0.2) is 18.2 Å². The third kappa shape index (κ3) is 1.91. The number of alkyl halides is 1. The molecule has 0 aliphatic rings. The van der Waals surface area contributed by atoms with Gasteiger partial charge in [0.2, 0.25) is 0 Å². The lowest BCUT2D eigenvalue weighted by Crippen LogP contribution is -1.84. The van der Waals surface area contributed by atoms with Gasteiger partial charge in [0, 0.05) is 5.69 Å². The zero-order chi connectivity index (χ0) is 9.97. The summed E-state index contributed by atoms with van der Waals surface area (Å²) in [6.07, 6.45) is 0. The van der Waals surface area contributed by atoms with E-state index in [2.05, 4.69) is 15.2 Å². The van der Waals surface area contributed by atoms with Crippen molar-refractivity contribution in [1.29, 1.82) is 0 Å². The van der Waals surface area contributed by atoms with Gasteiger partial charge in [0.15, 0.2) is 5.01 Å². The summed E-state index contributed by atoms with van der Waals surface area (Å²) in [7, 11) is 0. The van der Waals surface area contributed by atoms with Crippen molar-refractivity contribution in [1.82, 2.24) is 15.2 Å². The number of aromatic nitrogens is 3. The minimum Gasteiger partial charge on any atom is -0.251 e. The Hall–Kier alpha value is -1.00. The fraction of sp³-hybridized carbons (Fsp3) is 0.222. The molecule has 72 valence electrons. The quantitative estimate of drug-likeness (QED) is 0.738. The Balaban J connectivity index is 2.39. The molecule has 0 amide bonds. The number of hydrogen-bond acceptors (Lipinski definition) is 4. The number of aryl methyl sites for hydroxylation is 1. The van der Waals surface area contributed by atoms with Crippen molar-refractivity contribution in [3.8, 4) is 10.7 Å². The largest absolute Gasteiger partial charge is 0.251 e. The number of rotatable bonds is 2. The first-order valence-electron chi connectivity index (χ1n) is 4.12. The van der Waals surface area contributed by atoms with Crippen molar-refractivity contribution in [2.75, 3.05) is 0 Å². The Morgan fingerprint density at radius 3 is 2.86 bits per heavy atom. The fourth-order valence-electron chi connectivity index (χ4n) is 1.07. The first-order chi connectivity index (χ1) is 6.79. The first-order valence-corrected chi connectivity index (χ1v) is 5.47. The Labute approximate surface area is 90.8 Å². The molecule has 0 aromatic carbocycles. The zero-order valence-electron chi connectivity index (χ0n) is 7.57. The molecular weight excluding hydrogens is 218 g/mol. The molecule has 2 heterocycles. The van der Waals surface area contributed by atoms with Crippen molar-refractivity contribution >= 4 is 22.9 Å². The second kappa shape index (κ2) is 4.02. The molecule has 0 saturated heterocycles. The van der Waals surface area contributed by atoms with Crippen LogP contribution in [0.4, 0.5) is 0 Å². The van der Waals surface area contributed by atoms with Gasteiger partial charge >= 0.3 is 0 Å². The van der Waals surface area contributed by atoms with E-state index in [1.807, 2.05) is 25.1 Å². The lowest BCUT2D eigenvalue weighted by molar-refractivity contribution is 1.03. The Morgan fingerprint density at radius 1 is 1.36 bits per heavy atom. The van der Waals surface area contributed by atoms with Crippen LogP contribution in [-0.2, 0) is 5.88 Å². The highest BCUT2D eigenvalue weighted by atomic mass is 35.5. The average Bonchev–Trinajstić information content (AvgIpc) is 2.66.